The smallest absolute Gasteiger partial charge is 0.242 e. The molecule has 0 aliphatic rings. The number of nitrogens with zero attached hydrogens (tertiary/aromatic N) is 1. The van der Waals surface area contributed by atoms with Crippen LogP contribution in [0.15, 0.2) is 18.2 Å². The van der Waals surface area contributed by atoms with Gasteiger partial charge in [-0.2, -0.15) is 0 Å². The van der Waals surface area contributed by atoms with Crippen LogP contribution in [-0.4, -0.2) is 4.98 Å². The number of thiazole rings is 1. The van der Waals surface area contributed by atoms with Gasteiger partial charge >= 0.3 is 0 Å². The summed E-state index contributed by atoms with van der Waals surface area (Å²) in [6.07, 6.45) is -2.41. The second-order valence-electron chi connectivity index (χ2n) is 2.76. The summed E-state index contributed by atoms with van der Waals surface area (Å²) < 4.78 is 25.5. The van der Waals surface area contributed by atoms with E-state index in [9.17, 15) is 8.78 Å². The molecule has 13 heavy (non-hydrogen) atoms. The monoisotopic (exact) mass is 199 g/mol. The van der Waals surface area contributed by atoms with Gasteiger partial charge in [0.25, 0.3) is 6.43 Å². The van der Waals surface area contributed by atoms with Gasteiger partial charge < -0.3 is 0 Å². The molecule has 2 aromatic rings. The van der Waals surface area contributed by atoms with Crippen LogP contribution in [0.2, 0.25) is 0 Å². The van der Waals surface area contributed by atoms with Crippen molar-refractivity contribution in [2.75, 3.05) is 0 Å². The molecule has 1 nitrogen and oxygen atoms in total. The minimum Gasteiger partial charge on any atom is -0.242 e. The van der Waals surface area contributed by atoms with Crippen molar-refractivity contribution in [2.45, 2.75) is 13.3 Å². The van der Waals surface area contributed by atoms with Crippen molar-refractivity contribution in [3.8, 4) is 0 Å². The largest absolute Gasteiger partial charge is 0.263 e. The quantitative estimate of drug-likeness (QED) is 0.684. The van der Waals surface area contributed by atoms with Gasteiger partial charge in [0, 0.05) is 5.56 Å². The van der Waals surface area contributed by atoms with Crippen LogP contribution in [0.5, 0.6) is 0 Å². The molecule has 0 radical (unpaired) electrons. The van der Waals surface area contributed by atoms with E-state index in [-0.39, 0.29) is 5.56 Å². The average Bonchev–Trinajstić information content (AvgIpc) is 2.42. The Labute approximate surface area is 78.0 Å². The van der Waals surface area contributed by atoms with E-state index in [1.54, 1.807) is 6.07 Å². The molecule has 2 rings (SSSR count). The van der Waals surface area contributed by atoms with Crippen LogP contribution in [-0.2, 0) is 0 Å². The summed E-state index contributed by atoms with van der Waals surface area (Å²) in [5.74, 6) is 0. The first-order chi connectivity index (χ1) is 6.16. The number of rotatable bonds is 1. The van der Waals surface area contributed by atoms with Crippen molar-refractivity contribution in [1.29, 1.82) is 0 Å². The molecule has 1 aromatic heterocycles. The van der Waals surface area contributed by atoms with Crippen molar-refractivity contribution in [1.82, 2.24) is 4.98 Å². The fourth-order valence-corrected chi connectivity index (χ4v) is 2.00. The predicted octanol–water partition coefficient (Wildman–Crippen LogP) is 3.54. The number of benzene rings is 1. The summed E-state index contributed by atoms with van der Waals surface area (Å²) in [6, 6.07) is 4.59. The molecular formula is C9H7F2NS. The molecule has 0 aliphatic carbocycles. The van der Waals surface area contributed by atoms with Crippen molar-refractivity contribution in [2.24, 2.45) is 0 Å². The molecule has 0 aliphatic heterocycles. The van der Waals surface area contributed by atoms with Crippen LogP contribution in [0, 0.1) is 6.92 Å². The van der Waals surface area contributed by atoms with E-state index < -0.39 is 6.43 Å². The zero-order chi connectivity index (χ0) is 9.42. The molecule has 0 fully saturated rings. The second kappa shape index (κ2) is 3.03. The van der Waals surface area contributed by atoms with Crippen LogP contribution < -0.4 is 0 Å². The SMILES string of the molecule is Cc1nc2cc(C(F)F)ccc2s1. The van der Waals surface area contributed by atoms with Crippen LogP contribution in [0.25, 0.3) is 10.2 Å². The molecule has 0 atom stereocenters. The van der Waals surface area contributed by atoms with Crippen molar-refractivity contribution < 1.29 is 8.78 Å². The third-order valence-electron chi connectivity index (χ3n) is 1.77. The van der Waals surface area contributed by atoms with Gasteiger partial charge in [-0.1, -0.05) is 6.07 Å². The van der Waals surface area contributed by atoms with Gasteiger partial charge in [0.05, 0.1) is 15.2 Å². The standard InChI is InChI=1S/C9H7F2NS/c1-5-12-7-4-6(9(10)11)2-3-8(7)13-5/h2-4,9H,1H3. The molecular weight excluding hydrogens is 192 g/mol. The van der Waals surface area contributed by atoms with Crippen LogP contribution >= 0.6 is 11.3 Å². The van der Waals surface area contributed by atoms with Gasteiger partial charge in [-0.3, -0.25) is 0 Å². The Morgan fingerprint density at radius 2 is 2.15 bits per heavy atom. The summed E-state index contributed by atoms with van der Waals surface area (Å²) in [4.78, 5) is 4.14. The van der Waals surface area contributed by atoms with Gasteiger partial charge in [0.15, 0.2) is 0 Å². The van der Waals surface area contributed by atoms with Crippen molar-refractivity contribution >= 4 is 21.6 Å². The Morgan fingerprint density at radius 1 is 1.38 bits per heavy atom. The van der Waals surface area contributed by atoms with E-state index in [2.05, 4.69) is 4.98 Å². The molecule has 4 heteroatoms. The molecule has 0 spiro atoms. The predicted molar refractivity (Wildman–Crippen MR) is 49.3 cm³/mol. The number of hydrogen-bond donors (Lipinski definition) is 0. The minimum absolute atomic E-state index is 0.0396. The van der Waals surface area contributed by atoms with Crippen molar-refractivity contribution in [3.05, 3.63) is 28.8 Å². The van der Waals surface area contributed by atoms with Gasteiger partial charge in [-0.15, -0.1) is 11.3 Å². The van der Waals surface area contributed by atoms with Gasteiger partial charge in [-0.25, -0.2) is 13.8 Å². The summed E-state index contributed by atoms with van der Waals surface area (Å²) in [7, 11) is 0. The highest BCUT2D eigenvalue weighted by Crippen LogP contribution is 2.26. The third kappa shape index (κ3) is 1.54. The Bertz CT molecular complexity index is 436. The maximum absolute atomic E-state index is 12.3. The number of alkyl halides is 2. The Kier molecular flexibility index (Phi) is 2.00. The lowest BCUT2D eigenvalue weighted by Gasteiger charge is -1.96. The maximum Gasteiger partial charge on any atom is 0.263 e. The molecule has 0 unspecified atom stereocenters. The molecule has 0 bridgehead atoms. The lowest BCUT2D eigenvalue weighted by molar-refractivity contribution is 0.151. The molecule has 1 heterocycles. The Morgan fingerprint density at radius 3 is 2.85 bits per heavy atom. The lowest BCUT2D eigenvalue weighted by atomic mass is 10.2. The van der Waals surface area contributed by atoms with E-state index in [1.165, 1.54) is 23.5 Å². The van der Waals surface area contributed by atoms with Gasteiger partial charge in [0.2, 0.25) is 0 Å². The summed E-state index contributed by atoms with van der Waals surface area (Å²) in [5, 5.41) is 0.904. The van der Waals surface area contributed by atoms with Gasteiger partial charge in [-0.05, 0) is 19.1 Å². The first-order valence-corrected chi connectivity index (χ1v) is 4.64. The van der Waals surface area contributed by atoms with E-state index in [1.807, 2.05) is 6.92 Å². The lowest BCUT2D eigenvalue weighted by Crippen LogP contribution is -1.82. The summed E-state index contributed by atoms with van der Waals surface area (Å²) in [5.41, 5.74) is 0.707. The number of aryl methyl sites for hydroxylation is 1. The third-order valence-corrected chi connectivity index (χ3v) is 2.72. The fraction of sp³-hybridized carbons (Fsp3) is 0.222. The zero-order valence-electron chi connectivity index (χ0n) is 6.92. The number of hydrogen-bond acceptors (Lipinski definition) is 2. The summed E-state index contributed by atoms with van der Waals surface area (Å²) >= 11 is 1.52. The molecule has 1 aromatic carbocycles. The van der Waals surface area contributed by atoms with E-state index >= 15 is 0 Å². The van der Waals surface area contributed by atoms with E-state index in [0.717, 1.165) is 9.71 Å². The highest BCUT2D eigenvalue weighted by molar-refractivity contribution is 7.18. The first-order valence-electron chi connectivity index (χ1n) is 3.82. The van der Waals surface area contributed by atoms with E-state index in [4.69, 9.17) is 0 Å². The average molecular weight is 199 g/mol. The number of fused-ring (bicyclic) bond motifs is 1. The normalized spacial score (nSPS) is 11.4. The zero-order valence-corrected chi connectivity index (χ0v) is 7.74. The molecule has 68 valence electrons. The minimum atomic E-state index is -2.41. The maximum atomic E-state index is 12.3. The molecule has 0 N–H and O–H groups in total. The van der Waals surface area contributed by atoms with Crippen LogP contribution in [0.1, 0.15) is 17.0 Å². The Balaban J connectivity index is 2.61. The number of halogens is 2. The first kappa shape index (κ1) is 8.56. The Hall–Kier alpha value is -1.03. The van der Waals surface area contributed by atoms with Gasteiger partial charge in [0.1, 0.15) is 0 Å². The van der Waals surface area contributed by atoms with Crippen LogP contribution in [0.3, 0.4) is 0 Å². The van der Waals surface area contributed by atoms with E-state index in [0.29, 0.717) is 5.52 Å². The fourth-order valence-electron chi connectivity index (χ4n) is 1.20. The molecule has 0 amide bonds. The second-order valence-corrected chi connectivity index (χ2v) is 4.00. The highest BCUT2D eigenvalue weighted by Gasteiger charge is 2.08. The number of aromatic nitrogens is 1. The van der Waals surface area contributed by atoms with Crippen LogP contribution in [0.4, 0.5) is 8.78 Å². The van der Waals surface area contributed by atoms with Crippen molar-refractivity contribution in [3.63, 3.8) is 0 Å². The summed E-state index contributed by atoms with van der Waals surface area (Å²) in [6.45, 7) is 1.87. The topological polar surface area (TPSA) is 12.9 Å². The molecule has 0 saturated carbocycles. The highest BCUT2D eigenvalue weighted by atomic mass is 32.1. The molecule has 0 saturated heterocycles.